The lowest BCUT2D eigenvalue weighted by molar-refractivity contribution is 0.546. The summed E-state index contributed by atoms with van der Waals surface area (Å²) < 4.78 is 4.14. The van der Waals surface area contributed by atoms with Crippen LogP contribution in [0.3, 0.4) is 0 Å². The molecule has 2 N–H and O–H groups in total. The van der Waals surface area contributed by atoms with Crippen LogP contribution in [0.4, 0.5) is 5.69 Å². The zero-order chi connectivity index (χ0) is 23.2. The highest BCUT2D eigenvalue weighted by atomic mass is 35.5. The third kappa shape index (κ3) is 3.38. The maximum Gasteiger partial charge on any atom is 0.185 e. The second-order valence-electron chi connectivity index (χ2n) is 9.02. The Bertz CT molecular complexity index is 1410. The summed E-state index contributed by atoms with van der Waals surface area (Å²) in [5.41, 5.74) is 12.7. The van der Waals surface area contributed by atoms with Crippen molar-refractivity contribution in [3.05, 3.63) is 71.1 Å². The summed E-state index contributed by atoms with van der Waals surface area (Å²) in [6.07, 6.45) is 4.02. The number of fused-ring (bicyclic) bond motifs is 5. The number of nitrogens with two attached hydrogens (primary N) is 1. The van der Waals surface area contributed by atoms with Crippen LogP contribution < -0.4 is 10.6 Å². The summed E-state index contributed by atoms with van der Waals surface area (Å²) in [5, 5.41) is 18.4. The zero-order valence-electron chi connectivity index (χ0n) is 18.7. The van der Waals surface area contributed by atoms with Crippen molar-refractivity contribution in [1.29, 1.82) is 5.26 Å². The van der Waals surface area contributed by atoms with Gasteiger partial charge in [-0.15, -0.1) is 10.2 Å². The highest BCUT2D eigenvalue weighted by Gasteiger charge is 2.27. The van der Waals surface area contributed by atoms with E-state index in [2.05, 4.69) is 50.0 Å². The third-order valence-corrected chi connectivity index (χ3v) is 7.42. The molecule has 2 aliphatic heterocycles. The SMILES string of the molecule is N#Cc1ccc(-c2cc3n(c2Cl)Cc2cc(N4CC[C@@H](CCN)C4)ccc2-n2cnnc2-3)cc1. The highest BCUT2D eigenvalue weighted by molar-refractivity contribution is 6.32. The van der Waals surface area contributed by atoms with Gasteiger partial charge in [0.25, 0.3) is 0 Å². The first-order chi connectivity index (χ1) is 16.7. The quantitative estimate of drug-likeness (QED) is 0.419. The van der Waals surface area contributed by atoms with Gasteiger partial charge in [-0.2, -0.15) is 5.26 Å². The van der Waals surface area contributed by atoms with Crippen molar-refractivity contribution in [2.24, 2.45) is 11.7 Å². The Balaban J connectivity index is 1.42. The molecule has 2 aromatic heterocycles. The number of aromatic nitrogens is 4. The van der Waals surface area contributed by atoms with Gasteiger partial charge in [-0.05, 0) is 72.8 Å². The van der Waals surface area contributed by atoms with Gasteiger partial charge in [-0.25, -0.2) is 0 Å². The number of hydrogen-bond acceptors (Lipinski definition) is 5. The van der Waals surface area contributed by atoms with Crippen LogP contribution in [-0.4, -0.2) is 39.0 Å². The Kier molecular flexibility index (Phi) is 5.13. The van der Waals surface area contributed by atoms with E-state index < -0.39 is 0 Å². The van der Waals surface area contributed by atoms with E-state index in [1.807, 2.05) is 28.8 Å². The second-order valence-corrected chi connectivity index (χ2v) is 9.38. The molecule has 170 valence electrons. The largest absolute Gasteiger partial charge is 0.371 e. The third-order valence-electron chi connectivity index (χ3n) is 7.01. The molecule has 34 heavy (non-hydrogen) atoms. The molecule has 0 spiro atoms. The number of nitriles is 1. The average molecular weight is 470 g/mol. The van der Waals surface area contributed by atoms with Crippen LogP contribution in [0.2, 0.25) is 5.15 Å². The van der Waals surface area contributed by atoms with Crippen LogP contribution in [0.1, 0.15) is 24.0 Å². The Hall–Kier alpha value is -3.60. The fraction of sp³-hybridized carbons (Fsp3) is 0.269. The molecule has 0 bridgehead atoms. The molecule has 2 aliphatic rings. The smallest absolute Gasteiger partial charge is 0.185 e. The molecule has 0 radical (unpaired) electrons. The topological polar surface area (TPSA) is 88.7 Å². The van der Waals surface area contributed by atoms with Crippen LogP contribution >= 0.6 is 11.6 Å². The fourth-order valence-corrected chi connectivity index (χ4v) is 5.53. The molecule has 8 heteroatoms. The molecule has 0 saturated carbocycles. The molecule has 2 aromatic carbocycles. The average Bonchev–Trinajstić information content (AvgIpc) is 3.58. The van der Waals surface area contributed by atoms with Gasteiger partial charge >= 0.3 is 0 Å². The number of rotatable bonds is 4. The predicted molar refractivity (Wildman–Crippen MR) is 133 cm³/mol. The predicted octanol–water partition coefficient (Wildman–Crippen LogP) is 4.46. The molecule has 4 aromatic rings. The molecular formula is C26H24ClN7. The Morgan fingerprint density at radius 1 is 1.15 bits per heavy atom. The summed E-state index contributed by atoms with van der Waals surface area (Å²) >= 11 is 6.96. The molecule has 7 nitrogen and oxygen atoms in total. The van der Waals surface area contributed by atoms with Crippen LogP contribution in [0.5, 0.6) is 0 Å². The standard InChI is InChI=1S/C26H24ClN7/c27-25-22(19-3-1-17(13-29)2-4-19)12-24-26-31-30-16-34(26)23-6-5-21(11-20(23)15-33(24)25)32-10-8-18(14-32)7-9-28/h1-6,11-12,16,18H,7-10,14-15,28H2/t18-/m1/s1. The van der Waals surface area contributed by atoms with Crippen LogP contribution in [-0.2, 0) is 6.54 Å². The van der Waals surface area contributed by atoms with Gasteiger partial charge in [-0.1, -0.05) is 23.7 Å². The molecular weight excluding hydrogens is 446 g/mol. The summed E-state index contributed by atoms with van der Waals surface area (Å²) in [6.45, 7) is 3.48. The molecule has 4 heterocycles. The number of halogens is 1. The Morgan fingerprint density at radius 3 is 2.79 bits per heavy atom. The van der Waals surface area contributed by atoms with Crippen molar-refractivity contribution in [3.8, 4) is 34.4 Å². The van der Waals surface area contributed by atoms with Gasteiger partial charge in [0.1, 0.15) is 11.5 Å². The van der Waals surface area contributed by atoms with Crippen LogP contribution in [0.25, 0.3) is 28.3 Å². The fourth-order valence-electron chi connectivity index (χ4n) is 5.22. The van der Waals surface area contributed by atoms with Crippen molar-refractivity contribution >= 4 is 17.3 Å². The van der Waals surface area contributed by atoms with E-state index >= 15 is 0 Å². The van der Waals surface area contributed by atoms with Crippen LogP contribution in [0.15, 0.2) is 54.9 Å². The maximum absolute atomic E-state index is 9.13. The van der Waals surface area contributed by atoms with Crippen LogP contribution in [0, 0.1) is 17.2 Å². The van der Waals surface area contributed by atoms with E-state index in [4.69, 9.17) is 22.6 Å². The summed E-state index contributed by atoms with van der Waals surface area (Å²) in [5.74, 6) is 1.42. The maximum atomic E-state index is 9.13. The number of benzene rings is 2. The molecule has 0 aliphatic carbocycles. The minimum atomic E-state index is 0.623. The lowest BCUT2D eigenvalue weighted by Crippen LogP contribution is -2.21. The van der Waals surface area contributed by atoms with Gasteiger partial charge in [0.2, 0.25) is 0 Å². The summed E-state index contributed by atoms with van der Waals surface area (Å²) in [6, 6.07) is 18.3. The molecule has 1 fully saturated rings. The first-order valence-electron chi connectivity index (χ1n) is 11.5. The molecule has 1 atom stereocenters. The van der Waals surface area contributed by atoms with E-state index in [0.29, 0.717) is 23.2 Å². The summed E-state index contributed by atoms with van der Waals surface area (Å²) in [7, 11) is 0. The number of anilines is 1. The van der Waals surface area contributed by atoms with Gasteiger partial charge < -0.3 is 15.2 Å². The second kappa shape index (κ2) is 8.32. The van der Waals surface area contributed by atoms with Crippen molar-refractivity contribution in [1.82, 2.24) is 19.3 Å². The van der Waals surface area contributed by atoms with Gasteiger partial charge in [-0.3, -0.25) is 4.57 Å². The van der Waals surface area contributed by atoms with E-state index in [1.165, 1.54) is 17.7 Å². The first kappa shape index (κ1) is 21.0. The van der Waals surface area contributed by atoms with Crippen molar-refractivity contribution in [3.63, 3.8) is 0 Å². The van der Waals surface area contributed by atoms with E-state index in [0.717, 1.165) is 54.4 Å². The zero-order valence-corrected chi connectivity index (χ0v) is 19.4. The molecule has 0 unspecified atom stereocenters. The molecule has 6 rings (SSSR count). The first-order valence-corrected chi connectivity index (χ1v) is 11.9. The van der Waals surface area contributed by atoms with Crippen molar-refractivity contribution in [2.75, 3.05) is 24.5 Å². The van der Waals surface area contributed by atoms with Gasteiger partial charge in [0.15, 0.2) is 5.82 Å². The number of nitrogens with zero attached hydrogens (tertiary/aromatic N) is 6. The molecule has 0 amide bonds. The lowest BCUT2D eigenvalue weighted by Gasteiger charge is -2.21. The highest BCUT2D eigenvalue weighted by Crippen LogP contribution is 2.40. The molecule has 1 saturated heterocycles. The van der Waals surface area contributed by atoms with E-state index in [-0.39, 0.29) is 0 Å². The van der Waals surface area contributed by atoms with E-state index in [1.54, 1.807) is 6.33 Å². The lowest BCUT2D eigenvalue weighted by atomic mass is 10.1. The minimum Gasteiger partial charge on any atom is -0.371 e. The number of hydrogen-bond donors (Lipinski definition) is 1. The Morgan fingerprint density at radius 2 is 2.00 bits per heavy atom. The van der Waals surface area contributed by atoms with E-state index in [9.17, 15) is 0 Å². The monoisotopic (exact) mass is 469 g/mol. The van der Waals surface area contributed by atoms with Crippen molar-refractivity contribution in [2.45, 2.75) is 19.4 Å². The normalized spacial score (nSPS) is 16.5. The van der Waals surface area contributed by atoms with Gasteiger partial charge in [0.05, 0.1) is 29.6 Å². The Labute approximate surface area is 203 Å². The summed E-state index contributed by atoms with van der Waals surface area (Å²) in [4.78, 5) is 2.46. The van der Waals surface area contributed by atoms with Crippen molar-refractivity contribution < 1.29 is 0 Å². The minimum absolute atomic E-state index is 0.623. The van der Waals surface area contributed by atoms with Gasteiger partial charge in [0, 0.05) is 24.3 Å².